The molecule has 0 spiro atoms. The van der Waals surface area contributed by atoms with Crippen molar-refractivity contribution in [2.75, 3.05) is 36.4 Å². The fourth-order valence-corrected chi connectivity index (χ4v) is 4.71. The van der Waals surface area contributed by atoms with Crippen LogP contribution in [0.1, 0.15) is 47.2 Å². The molecule has 0 unspecified atom stereocenters. The highest BCUT2D eigenvalue weighted by atomic mass is 19.4. The SMILES string of the molecule is O=C(Nc1ccc(F)c(C(F)(F)F)c1)c1cc(N2CCC(N3CCCC3)CC2)cc(C(F)(F)F)c1. The lowest BCUT2D eigenvalue weighted by atomic mass is 10.0. The summed E-state index contributed by atoms with van der Waals surface area (Å²) in [5.74, 6) is -2.54. The van der Waals surface area contributed by atoms with E-state index in [2.05, 4.69) is 10.2 Å². The number of anilines is 2. The van der Waals surface area contributed by atoms with E-state index in [0.717, 1.165) is 50.9 Å². The van der Waals surface area contributed by atoms with E-state index in [1.54, 1.807) is 4.90 Å². The van der Waals surface area contributed by atoms with Crippen LogP contribution in [0, 0.1) is 5.82 Å². The number of nitrogens with one attached hydrogen (secondary N) is 1. The predicted molar refractivity (Wildman–Crippen MR) is 117 cm³/mol. The zero-order valence-corrected chi connectivity index (χ0v) is 18.6. The highest BCUT2D eigenvalue weighted by Crippen LogP contribution is 2.36. The predicted octanol–water partition coefficient (Wildman–Crippen LogP) is 6.18. The molecule has 1 N–H and O–H groups in total. The van der Waals surface area contributed by atoms with E-state index >= 15 is 0 Å². The Labute approximate surface area is 197 Å². The first-order valence-corrected chi connectivity index (χ1v) is 11.3. The van der Waals surface area contributed by atoms with Gasteiger partial charge in [0.1, 0.15) is 5.82 Å². The second-order valence-electron chi connectivity index (χ2n) is 8.87. The summed E-state index contributed by atoms with van der Waals surface area (Å²) < 4.78 is 93.2. The smallest absolute Gasteiger partial charge is 0.371 e. The number of hydrogen-bond donors (Lipinski definition) is 1. The molecule has 2 aromatic carbocycles. The fraction of sp³-hybridized carbons (Fsp3) is 0.458. The normalized spacial score (nSPS) is 18.2. The van der Waals surface area contributed by atoms with E-state index in [1.807, 2.05) is 0 Å². The number of benzene rings is 2. The van der Waals surface area contributed by atoms with Crippen LogP contribution < -0.4 is 10.2 Å². The van der Waals surface area contributed by atoms with Gasteiger partial charge in [-0.05, 0) is 75.2 Å². The molecular formula is C24H24F7N3O. The van der Waals surface area contributed by atoms with Crippen LogP contribution in [0.15, 0.2) is 36.4 Å². The number of rotatable bonds is 4. The molecule has 0 saturated carbocycles. The lowest BCUT2D eigenvalue weighted by molar-refractivity contribution is -0.140. The highest BCUT2D eigenvalue weighted by molar-refractivity contribution is 6.05. The van der Waals surface area contributed by atoms with Gasteiger partial charge in [0.2, 0.25) is 0 Å². The average Bonchev–Trinajstić information content (AvgIpc) is 3.34. The van der Waals surface area contributed by atoms with Crippen LogP contribution in [0.25, 0.3) is 0 Å². The lowest BCUT2D eigenvalue weighted by Crippen LogP contribution is -2.44. The van der Waals surface area contributed by atoms with Crippen molar-refractivity contribution in [2.45, 2.75) is 44.1 Å². The van der Waals surface area contributed by atoms with Crippen LogP contribution >= 0.6 is 0 Å². The molecule has 2 heterocycles. The van der Waals surface area contributed by atoms with Crippen molar-refractivity contribution in [3.05, 3.63) is 58.9 Å². The van der Waals surface area contributed by atoms with E-state index in [-0.39, 0.29) is 16.9 Å². The number of carbonyl (C=O) groups excluding carboxylic acids is 1. The van der Waals surface area contributed by atoms with Crippen molar-refractivity contribution in [1.29, 1.82) is 0 Å². The molecule has 0 atom stereocenters. The van der Waals surface area contributed by atoms with E-state index in [4.69, 9.17) is 0 Å². The van der Waals surface area contributed by atoms with Gasteiger partial charge in [-0.3, -0.25) is 4.79 Å². The van der Waals surface area contributed by atoms with Crippen molar-refractivity contribution < 1.29 is 35.5 Å². The molecule has 0 aromatic heterocycles. The molecule has 2 aliphatic heterocycles. The first-order chi connectivity index (χ1) is 16.4. The van der Waals surface area contributed by atoms with Gasteiger partial charge in [0, 0.05) is 36.1 Å². The first-order valence-electron chi connectivity index (χ1n) is 11.3. The summed E-state index contributed by atoms with van der Waals surface area (Å²) >= 11 is 0. The number of halogens is 7. The second-order valence-corrected chi connectivity index (χ2v) is 8.87. The molecule has 35 heavy (non-hydrogen) atoms. The van der Waals surface area contributed by atoms with Crippen LogP contribution in [0.5, 0.6) is 0 Å². The van der Waals surface area contributed by atoms with Gasteiger partial charge in [0.15, 0.2) is 0 Å². The van der Waals surface area contributed by atoms with Crippen molar-refractivity contribution in [3.63, 3.8) is 0 Å². The summed E-state index contributed by atoms with van der Waals surface area (Å²) in [4.78, 5) is 16.9. The van der Waals surface area contributed by atoms with Gasteiger partial charge in [-0.2, -0.15) is 26.3 Å². The summed E-state index contributed by atoms with van der Waals surface area (Å²) in [6.45, 7) is 3.10. The maximum absolute atomic E-state index is 13.6. The molecule has 4 rings (SSSR count). The van der Waals surface area contributed by atoms with Crippen molar-refractivity contribution in [1.82, 2.24) is 4.90 Å². The molecule has 0 aliphatic carbocycles. The monoisotopic (exact) mass is 503 g/mol. The summed E-state index contributed by atoms with van der Waals surface area (Å²) in [6.07, 6.45) is -5.86. The maximum Gasteiger partial charge on any atom is 0.419 e. The van der Waals surface area contributed by atoms with Crippen LogP contribution in [0.3, 0.4) is 0 Å². The minimum absolute atomic E-state index is 0.222. The van der Waals surface area contributed by atoms with Crippen molar-refractivity contribution in [3.8, 4) is 0 Å². The van der Waals surface area contributed by atoms with Gasteiger partial charge in [-0.1, -0.05) is 0 Å². The van der Waals surface area contributed by atoms with Crippen LogP contribution in [0.4, 0.5) is 42.1 Å². The number of hydrogen-bond acceptors (Lipinski definition) is 3. The third-order valence-corrected chi connectivity index (χ3v) is 6.52. The zero-order chi connectivity index (χ0) is 25.4. The highest BCUT2D eigenvalue weighted by Gasteiger charge is 2.35. The fourth-order valence-electron chi connectivity index (χ4n) is 4.71. The minimum atomic E-state index is -4.99. The van der Waals surface area contributed by atoms with Crippen molar-refractivity contribution in [2.24, 2.45) is 0 Å². The van der Waals surface area contributed by atoms with Gasteiger partial charge in [0.25, 0.3) is 5.91 Å². The Hall–Kier alpha value is -2.82. The van der Waals surface area contributed by atoms with E-state index < -0.39 is 35.2 Å². The molecular weight excluding hydrogens is 479 g/mol. The Bertz CT molecular complexity index is 1070. The van der Waals surface area contributed by atoms with E-state index in [0.29, 0.717) is 37.3 Å². The second kappa shape index (κ2) is 9.67. The molecule has 11 heteroatoms. The summed E-state index contributed by atoms with van der Waals surface area (Å²) in [6, 6.07) is 5.18. The molecule has 4 nitrogen and oxygen atoms in total. The van der Waals surface area contributed by atoms with Gasteiger partial charge >= 0.3 is 12.4 Å². The molecule has 0 radical (unpaired) electrons. The number of amides is 1. The van der Waals surface area contributed by atoms with Crippen LogP contribution in [0.2, 0.25) is 0 Å². The zero-order valence-electron chi connectivity index (χ0n) is 18.6. The van der Waals surface area contributed by atoms with Crippen LogP contribution in [-0.2, 0) is 12.4 Å². The number of piperidine rings is 1. The Kier molecular flexibility index (Phi) is 6.99. The third kappa shape index (κ3) is 5.88. The third-order valence-electron chi connectivity index (χ3n) is 6.52. The lowest BCUT2D eigenvalue weighted by Gasteiger charge is -2.38. The Morgan fingerprint density at radius 2 is 1.51 bits per heavy atom. The molecule has 2 aliphatic rings. The van der Waals surface area contributed by atoms with Gasteiger partial charge in [0.05, 0.1) is 11.1 Å². The topological polar surface area (TPSA) is 35.6 Å². The van der Waals surface area contributed by atoms with Crippen LogP contribution in [-0.4, -0.2) is 43.0 Å². The first kappa shape index (κ1) is 25.3. The van der Waals surface area contributed by atoms with Gasteiger partial charge in [-0.25, -0.2) is 4.39 Å². The number of likely N-dealkylation sites (tertiary alicyclic amines) is 1. The Morgan fingerprint density at radius 1 is 0.857 bits per heavy atom. The van der Waals surface area contributed by atoms with Gasteiger partial charge < -0.3 is 15.1 Å². The van der Waals surface area contributed by atoms with E-state index in [1.165, 1.54) is 6.07 Å². The molecule has 2 fully saturated rings. The number of nitrogens with zero attached hydrogens (tertiary/aromatic N) is 2. The Morgan fingerprint density at radius 3 is 2.11 bits per heavy atom. The average molecular weight is 503 g/mol. The largest absolute Gasteiger partial charge is 0.419 e. The maximum atomic E-state index is 13.6. The van der Waals surface area contributed by atoms with Gasteiger partial charge in [-0.15, -0.1) is 0 Å². The number of carbonyl (C=O) groups is 1. The van der Waals surface area contributed by atoms with E-state index in [9.17, 15) is 35.5 Å². The molecule has 1 amide bonds. The molecule has 2 saturated heterocycles. The number of alkyl halides is 6. The summed E-state index contributed by atoms with van der Waals surface area (Å²) in [5, 5.41) is 2.15. The standard InChI is InChI=1S/C24H24F7N3O/c25-21-4-3-17(14-20(21)24(29,30)31)32-22(35)15-11-16(23(26,27)28)13-19(12-15)34-9-5-18(6-10-34)33-7-1-2-8-33/h3-4,11-14,18H,1-2,5-10H2,(H,32,35). The summed E-state index contributed by atoms with van der Waals surface area (Å²) in [7, 11) is 0. The molecule has 190 valence electrons. The molecule has 0 bridgehead atoms. The minimum Gasteiger partial charge on any atom is -0.371 e. The molecule has 2 aromatic rings. The van der Waals surface area contributed by atoms with Crippen molar-refractivity contribution >= 4 is 17.3 Å². The summed E-state index contributed by atoms with van der Waals surface area (Å²) in [5.41, 5.74) is -3.12. The Balaban J connectivity index is 1.56. The quantitative estimate of drug-likeness (QED) is 0.507.